The molecule has 92 valence electrons. The Morgan fingerprint density at radius 1 is 1.24 bits per heavy atom. The number of benzene rings is 1. The fourth-order valence-corrected chi connectivity index (χ4v) is 1.99. The summed E-state index contributed by atoms with van der Waals surface area (Å²) >= 11 is 0. The highest BCUT2D eigenvalue weighted by atomic mass is 19.3. The molecule has 4 heteroatoms. The van der Waals surface area contributed by atoms with Crippen LogP contribution in [0.5, 0.6) is 0 Å². The number of alkyl halides is 2. The minimum absolute atomic E-state index is 0.00808. The highest BCUT2D eigenvalue weighted by molar-refractivity contribution is 5.81. The molecular formula is C13H15F2NO. The zero-order valence-corrected chi connectivity index (χ0v) is 9.48. The zero-order valence-electron chi connectivity index (χ0n) is 9.48. The third-order valence-electron chi connectivity index (χ3n) is 2.94. The Bertz CT molecular complexity index is 387. The van der Waals surface area contributed by atoms with Crippen molar-refractivity contribution in [2.45, 2.75) is 38.2 Å². The first-order chi connectivity index (χ1) is 8.27. The first-order valence-electron chi connectivity index (χ1n) is 5.83. The number of rotatable bonds is 4. The van der Waals surface area contributed by atoms with Crippen molar-refractivity contribution in [2.75, 3.05) is 0 Å². The van der Waals surface area contributed by atoms with Crippen LogP contribution in [0.25, 0.3) is 0 Å². The van der Waals surface area contributed by atoms with Crippen LogP contribution in [-0.4, -0.2) is 12.3 Å². The predicted molar refractivity (Wildman–Crippen MR) is 62.3 cm³/mol. The van der Waals surface area contributed by atoms with Gasteiger partial charge in [0, 0.05) is 11.1 Å². The summed E-state index contributed by atoms with van der Waals surface area (Å²) in [6.07, 6.45) is 3.39. The fraction of sp³-hybridized carbons (Fsp3) is 0.462. The molecule has 0 saturated heterocycles. The van der Waals surface area contributed by atoms with Crippen molar-refractivity contribution in [2.24, 2.45) is 5.16 Å². The summed E-state index contributed by atoms with van der Waals surface area (Å²) in [7, 11) is 0. The van der Waals surface area contributed by atoms with Crippen molar-refractivity contribution >= 4 is 6.21 Å². The standard InChI is InChI=1S/C13H15F2NO/c14-13(15)12-8-4-1-5-10(12)9-16-17-11-6-2-3-7-11/h1,4-5,8-9,11,13H,2-3,6-7H2. The molecule has 0 aliphatic heterocycles. The Hall–Kier alpha value is -1.45. The van der Waals surface area contributed by atoms with Crippen molar-refractivity contribution < 1.29 is 13.6 Å². The molecule has 2 nitrogen and oxygen atoms in total. The highest BCUT2D eigenvalue weighted by Gasteiger charge is 2.16. The van der Waals surface area contributed by atoms with Crippen molar-refractivity contribution in [3.05, 3.63) is 35.4 Å². The smallest absolute Gasteiger partial charge is 0.264 e. The van der Waals surface area contributed by atoms with Crippen LogP contribution in [0.3, 0.4) is 0 Å². The molecule has 0 heterocycles. The van der Waals surface area contributed by atoms with Crippen LogP contribution in [0.2, 0.25) is 0 Å². The van der Waals surface area contributed by atoms with Gasteiger partial charge in [0.1, 0.15) is 6.10 Å². The average molecular weight is 239 g/mol. The SMILES string of the molecule is FC(F)c1ccccc1C=NOC1CCCC1. The molecule has 17 heavy (non-hydrogen) atoms. The molecule has 0 bridgehead atoms. The second-order valence-electron chi connectivity index (χ2n) is 4.18. The minimum atomic E-state index is -2.48. The quantitative estimate of drug-likeness (QED) is 0.576. The Labute approximate surface area is 99.3 Å². The van der Waals surface area contributed by atoms with Crippen molar-refractivity contribution in [3.63, 3.8) is 0 Å². The van der Waals surface area contributed by atoms with E-state index in [-0.39, 0.29) is 11.7 Å². The topological polar surface area (TPSA) is 21.6 Å². The zero-order chi connectivity index (χ0) is 12.1. The van der Waals surface area contributed by atoms with E-state index in [1.54, 1.807) is 18.2 Å². The summed E-state index contributed by atoms with van der Waals surface area (Å²) in [6, 6.07) is 6.32. The summed E-state index contributed by atoms with van der Waals surface area (Å²) in [6.45, 7) is 0. The van der Waals surface area contributed by atoms with Crippen LogP contribution in [0.4, 0.5) is 8.78 Å². The molecule has 0 spiro atoms. The van der Waals surface area contributed by atoms with E-state index in [2.05, 4.69) is 5.16 Å². The lowest BCUT2D eigenvalue weighted by atomic mass is 10.1. The Morgan fingerprint density at radius 2 is 1.94 bits per heavy atom. The molecular weight excluding hydrogens is 224 g/mol. The normalized spacial score (nSPS) is 17.1. The van der Waals surface area contributed by atoms with Gasteiger partial charge in [0.05, 0.1) is 6.21 Å². The van der Waals surface area contributed by atoms with Gasteiger partial charge in [0.15, 0.2) is 0 Å². The molecule has 1 aromatic carbocycles. The molecule has 0 radical (unpaired) electrons. The minimum Gasteiger partial charge on any atom is -0.393 e. The number of hydrogen-bond donors (Lipinski definition) is 0. The maximum Gasteiger partial charge on any atom is 0.264 e. The van der Waals surface area contributed by atoms with Crippen molar-refractivity contribution in [3.8, 4) is 0 Å². The van der Waals surface area contributed by atoms with Crippen LogP contribution in [0, 0.1) is 0 Å². The van der Waals surface area contributed by atoms with Crippen LogP contribution >= 0.6 is 0 Å². The number of nitrogens with zero attached hydrogens (tertiary/aromatic N) is 1. The first kappa shape index (κ1) is 12.0. The van der Waals surface area contributed by atoms with Crippen LogP contribution in [-0.2, 0) is 4.84 Å². The number of oxime groups is 1. The van der Waals surface area contributed by atoms with Crippen molar-refractivity contribution in [1.82, 2.24) is 0 Å². The molecule has 0 unspecified atom stereocenters. The lowest BCUT2D eigenvalue weighted by molar-refractivity contribution is 0.0657. The van der Waals surface area contributed by atoms with E-state index < -0.39 is 6.43 Å². The Balaban J connectivity index is 1.99. The van der Waals surface area contributed by atoms with Gasteiger partial charge in [0.25, 0.3) is 6.43 Å². The van der Waals surface area contributed by atoms with Crippen LogP contribution < -0.4 is 0 Å². The van der Waals surface area contributed by atoms with Gasteiger partial charge in [-0.1, -0.05) is 29.4 Å². The molecule has 1 aromatic rings. The second-order valence-corrected chi connectivity index (χ2v) is 4.18. The van der Waals surface area contributed by atoms with Gasteiger partial charge in [0.2, 0.25) is 0 Å². The van der Waals surface area contributed by atoms with E-state index in [1.165, 1.54) is 12.3 Å². The van der Waals surface area contributed by atoms with E-state index in [4.69, 9.17) is 4.84 Å². The maximum absolute atomic E-state index is 12.7. The highest BCUT2D eigenvalue weighted by Crippen LogP contribution is 2.23. The second kappa shape index (κ2) is 5.75. The van der Waals surface area contributed by atoms with E-state index in [9.17, 15) is 8.78 Å². The molecule has 1 saturated carbocycles. The summed E-state index contributed by atoms with van der Waals surface area (Å²) in [4.78, 5) is 5.27. The summed E-state index contributed by atoms with van der Waals surface area (Å²) in [5.74, 6) is 0. The van der Waals surface area contributed by atoms with E-state index >= 15 is 0 Å². The molecule has 1 aliphatic carbocycles. The molecule has 0 amide bonds. The molecule has 2 rings (SSSR count). The van der Waals surface area contributed by atoms with Gasteiger partial charge >= 0.3 is 0 Å². The molecule has 1 fully saturated rings. The largest absolute Gasteiger partial charge is 0.393 e. The molecule has 0 N–H and O–H groups in total. The third-order valence-corrected chi connectivity index (χ3v) is 2.94. The summed E-state index contributed by atoms with van der Waals surface area (Å²) < 4.78 is 25.3. The number of halogens is 2. The lowest BCUT2D eigenvalue weighted by Gasteiger charge is -2.06. The number of hydrogen-bond acceptors (Lipinski definition) is 2. The van der Waals surface area contributed by atoms with Gasteiger partial charge in [-0.2, -0.15) is 0 Å². The van der Waals surface area contributed by atoms with Gasteiger partial charge < -0.3 is 4.84 Å². The van der Waals surface area contributed by atoms with Crippen LogP contribution in [0.15, 0.2) is 29.4 Å². The average Bonchev–Trinajstić information content (AvgIpc) is 2.82. The monoisotopic (exact) mass is 239 g/mol. The van der Waals surface area contributed by atoms with Gasteiger partial charge in [-0.3, -0.25) is 0 Å². The Morgan fingerprint density at radius 3 is 2.65 bits per heavy atom. The summed E-state index contributed by atoms with van der Waals surface area (Å²) in [5.41, 5.74) is 0.409. The fourth-order valence-electron chi connectivity index (χ4n) is 1.99. The van der Waals surface area contributed by atoms with Gasteiger partial charge in [-0.15, -0.1) is 0 Å². The van der Waals surface area contributed by atoms with Gasteiger partial charge in [-0.05, 0) is 25.7 Å². The first-order valence-corrected chi connectivity index (χ1v) is 5.83. The van der Waals surface area contributed by atoms with Crippen molar-refractivity contribution in [1.29, 1.82) is 0 Å². The maximum atomic E-state index is 12.7. The third kappa shape index (κ3) is 3.25. The van der Waals surface area contributed by atoms with E-state index in [0.29, 0.717) is 5.56 Å². The van der Waals surface area contributed by atoms with E-state index in [1.807, 2.05) is 0 Å². The Kier molecular flexibility index (Phi) is 4.07. The van der Waals surface area contributed by atoms with Gasteiger partial charge in [-0.25, -0.2) is 8.78 Å². The molecule has 0 aromatic heterocycles. The molecule has 1 aliphatic rings. The lowest BCUT2D eigenvalue weighted by Crippen LogP contribution is -2.03. The molecule has 0 atom stereocenters. The van der Waals surface area contributed by atoms with Crippen LogP contribution in [0.1, 0.15) is 43.2 Å². The summed E-state index contributed by atoms with van der Waals surface area (Å²) in [5, 5.41) is 3.81. The predicted octanol–water partition coefficient (Wildman–Crippen LogP) is 3.92. The van der Waals surface area contributed by atoms with E-state index in [0.717, 1.165) is 25.7 Å².